The number of nitrogens with zero attached hydrogens (tertiary/aromatic N) is 1. The average Bonchev–Trinajstić information content (AvgIpc) is 2.22. The Morgan fingerprint density at radius 1 is 1.67 bits per heavy atom. The first-order valence-electron chi connectivity index (χ1n) is 3.81. The Hall–Kier alpha value is -1.28. The summed E-state index contributed by atoms with van der Waals surface area (Å²) < 4.78 is 0. The number of hydrogen-bond donors (Lipinski definition) is 1. The molecule has 0 radical (unpaired) electrons. The lowest BCUT2D eigenvalue weighted by molar-refractivity contribution is 0.0438. The second-order valence-corrected chi connectivity index (χ2v) is 3.21. The van der Waals surface area contributed by atoms with Gasteiger partial charge >= 0.3 is 0 Å². The van der Waals surface area contributed by atoms with Crippen LogP contribution in [-0.4, -0.2) is 17.5 Å². The quantitative estimate of drug-likeness (QED) is 0.381. The summed E-state index contributed by atoms with van der Waals surface area (Å²) >= 11 is 11.3. The number of carbonyl (C=O) groups excluding carboxylic acids is 1. The summed E-state index contributed by atoms with van der Waals surface area (Å²) in [5.41, 5.74) is 2.29. The van der Waals surface area contributed by atoms with Crippen molar-refractivity contribution in [3.8, 4) is 12.3 Å². The van der Waals surface area contributed by atoms with Crippen LogP contribution in [-0.2, 0) is 4.84 Å². The summed E-state index contributed by atoms with van der Waals surface area (Å²) in [7, 11) is 0. The Labute approximate surface area is 96.5 Å². The van der Waals surface area contributed by atoms with Gasteiger partial charge in [0.05, 0.1) is 10.6 Å². The van der Waals surface area contributed by atoms with Crippen LogP contribution in [0.3, 0.4) is 0 Å². The van der Waals surface area contributed by atoms with Crippen molar-refractivity contribution >= 4 is 29.1 Å². The van der Waals surface area contributed by atoms with E-state index in [1.54, 1.807) is 0 Å². The van der Waals surface area contributed by atoms with Crippen molar-refractivity contribution in [1.82, 2.24) is 10.5 Å². The number of aromatic nitrogens is 1. The molecule has 0 aromatic carbocycles. The molecule has 0 atom stereocenters. The topological polar surface area (TPSA) is 51.2 Å². The Morgan fingerprint density at radius 2 is 2.40 bits per heavy atom. The van der Waals surface area contributed by atoms with Crippen molar-refractivity contribution in [2.24, 2.45) is 0 Å². The van der Waals surface area contributed by atoms with Crippen LogP contribution >= 0.6 is 23.2 Å². The van der Waals surface area contributed by atoms with Crippen LogP contribution in [0.15, 0.2) is 12.3 Å². The minimum Gasteiger partial charge on any atom is -0.267 e. The lowest BCUT2D eigenvalue weighted by atomic mass is 10.2. The zero-order chi connectivity index (χ0) is 11.3. The summed E-state index contributed by atoms with van der Waals surface area (Å²) in [6, 6.07) is 1.33. The molecule has 0 saturated carbocycles. The molecule has 0 saturated heterocycles. The van der Waals surface area contributed by atoms with Crippen molar-refractivity contribution in [3.63, 3.8) is 0 Å². The highest BCUT2D eigenvalue weighted by Crippen LogP contribution is 2.17. The fraction of sp³-hybridized carbons (Fsp3) is 0.111. The van der Waals surface area contributed by atoms with Crippen LogP contribution in [0.1, 0.15) is 10.4 Å². The lowest BCUT2D eigenvalue weighted by Gasteiger charge is -2.04. The van der Waals surface area contributed by atoms with Crippen molar-refractivity contribution in [2.75, 3.05) is 6.61 Å². The van der Waals surface area contributed by atoms with Gasteiger partial charge in [0.15, 0.2) is 0 Å². The SMILES string of the molecule is C#CCONC(=O)c1cc(Cl)ncc1Cl. The molecule has 1 heterocycles. The number of pyridine rings is 1. The van der Waals surface area contributed by atoms with Gasteiger partial charge in [-0.15, -0.1) is 6.42 Å². The van der Waals surface area contributed by atoms with Crippen LogP contribution < -0.4 is 5.48 Å². The summed E-state index contributed by atoms with van der Waals surface area (Å²) in [6.45, 7) is -0.0256. The van der Waals surface area contributed by atoms with Crippen molar-refractivity contribution in [1.29, 1.82) is 0 Å². The maximum atomic E-state index is 11.4. The first kappa shape index (κ1) is 11.8. The predicted octanol–water partition coefficient (Wildman–Crippen LogP) is 1.68. The minimum absolute atomic E-state index is 0.0256. The van der Waals surface area contributed by atoms with Gasteiger partial charge in [-0.1, -0.05) is 29.1 Å². The molecule has 1 aromatic heterocycles. The van der Waals surface area contributed by atoms with Crippen LogP contribution in [0.5, 0.6) is 0 Å². The van der Waals surface area contributed by atoms with E-state index >= 15 is 0 Å². The zero-order valence-electron chi connectivity index (χ0n) is 7.46. The average molecular weight is 245 g/mol. The monoisotopic (exact) mass is 244 g/mol. The highest BCUT2D eigenvalue weighted by Gasteiger charge is 2.11. The molecule has 1 amide bonds. The molecule has 1 rings (SSSR count). The molecule has 1 aromatic rings. The molecule has 4 nitrogen and oxygen atoms in total. The van der Waals surface area contributed by atoms with Gasteiger partial charge in [-0.05, 0) is 6.07 Å². The molecule has 0 fully saturated rings. The standard InChI is InChI=1S/C9H6Cl2N2O2/c1-2-3-15-13-9(14)6-4-8(11)12-5-7(6)10/h1,4-5H,3H2,(H,13,14). The molecular formula is C9H6Cl2N2O2. The maximum absolute atomic E-state index is 11.4. The third-order valence-corrected chi connectivity index (χ3v) is 1.89. The van der Waals surface area contributed by atoms with Gasteiger partial charge in [0.2, 0.25) is 0 Å². The molecule has 0 aliphatic heterocycles. The van der Waals surface area contributed by atoms with Crippen LogP contribution in [0.4, 0.5) is 0 Å². The highest BCUT2D eigenvalue weighted by molar-refractivity contribution is 6.35. The fourth-order valence-electron chi connectivity index (χ4n) is 0.785. The van der Waals surface area contributed by atoms with Crippen LogP contribution in [0, 0.1) is 12.3 Å². The third kappa shape index (κ3) is 3.40. The third-order valence-electron chi connectivity index (χ3n) is 1.39. The Bertz CT molecular complexity index is 415. The maximum Gasteiger partial charge on any atom is 0.276 e. The zero-order valence-corrected chi connectivity index (χ0v) is 8.97. The molecule has 1 N–H and O–H groups in total. The minimum atomic E-state index is -0.528. The van der Waals surface area contributed by atoms with E-state index in [1.807, 2.05) is 0 Å². The molecule has 0 bridgehead atoms. The van der Waals surface area contributed by atoms with E-state index < -0.39 is 5.91 Å². The lowest BCUT2D eigenvalue weighted by Crippen LogP contribution is -2.24. The van der Waals surface area contributed by atoms with Gasteiger partial charge in [0.1, 0.15) is 11.8 Å². The number of carbonyl (C=O) groups is 1. The number of hydrogen-bond acceptors (Lipinski definition) is 3. The Kier molecular flexibility index (Phi) is 4.37. The van der Waals surface area contributed by atoms with Crippen molar-refractivity contribution in [2.45, 2.75) is 0 Å². The largest absolute Gasteiger partial charge is 0.276 e. The van der Waals surface area contributed by atoms with E-state index in [9.17, 15) is 4.79 Å². The molecule has 15 heavy (non-hydrogen) atoms. The molecule has 6 heteroatoms. The smallest absolute Gasteiger partial charge is 0.267 e. The normalized spacial score (nSPS) is 9.40. The first-order valence-corrected chi connectivity index (χ1v) is 4.57. The summed E-state index contributed by atoms with van der Waals surface area (Å²) in [5, 5.41) is 0.350. The van der Waals surface area contributed by atoms with Gasteiger partial charge in [-0.3, -0.25) is 9.63 Å². The number of nitrogens with one attached hydrogen (secondary N) is 1. The van der Waals surface area contributed by atoms with E-state index in [0.29, 0.717) is 0 Å². The van der Waals surface area contributed by atoms with E-state index in [0.717, 1.165) is 0 Å². The van der Waals surface area contributed by atoms with E-state index in [1.165, 1.54) is 12.3 Å². The first-order chi connectivity index (χ1) is 7.15. The Balaban J connectivity index is 2.73. The second-order valence-electron chi connectivity index (χ2n) is 2.41. The van der Waals surface area contributed by atoms with E-state index in [-0.39, 0.29) is 22.3 Å². The van der Waals surface area contributed by atoms with Crippen LogP contribution in [0.2, 0.25) is 10.2 Å². The van der Waals surface area contributed by atoms with Gasteiger partial charge in [-0.2, -0.15) is 0 Å². The van der Waals surface area contributed by atoms with Crippen molar-refractivity contribution in [3.05, 3.63) is 28.0 Å². The fourth-order valence-corrected chi connectivity index (χ4v) is 1.13. The van der Waals surface area contributed by atoms with E-state index in [2.05, 4.69) is 21.2 Å². The van der Waals surface area contributed by atoms with Gasteiger partial charge in [-0.25, -0.2) is 10.5 Å². The van der Waals surface area contributed by atoms with E-state index in [4.69, 9.17) is 29.6 Å². The number of amides is 1. The summed E-state index contributed by atoms with van der Waals surface area (Å²) in [6.07, 6.45) is 6.20. The number of halogens is 2. The molecular weight excluding hydrogens is 239 g/mol. The van der Waals surface area contributed by atoms with Gasteiger partial charge < -0.3 is 0 Å². The molecule has 0 unspecified atom stereocenters. The molecule has 78 valence electrons. The number of hydroxylamine groups is 1. The predicted molar refractivity (Wildman–Crippen MR) is 56.5 cm³/mol. The molecule has 0 aliphatic carbocycles. The van der Waals surface area contributed by atoms with Gasteiger partial charge in [0, 0.05) is 6.20 Å². The highest BCUT2D eigenvalue weighted by atomic mass is 35.5. The summed E-state index contributed by atoms with van der Waals surface area (Å²) in [4.78, 5) is 19.8. The number of terminal acetylenes is 1. The second kappa shape index (κ2) is 5.56. The molecule has 0 aliphatic rings. The number of rotatable bonds is 3. The van der Waals surface area contributed by atoms with Crippen LogP contribution in [0.25, 0.3) is 0 Å². The van der Waals surface area contributed by atoms with Crippen molar-refractivity contribution < 1.29 is 9.63 Å². The molecule has 0 spiro atoms. The Morgan fingerprint density at radius 3 is 3.07 bits per heavy atom. The summed E-state index contributed by atoms with van der Waals surface area (Å²) in [5.74, 6) is 1.66. The van der Waals surface area contributed by atoms with Gasteiger partial charge in [0.25, 0.3) is 5.91 Å².